The van der Waals surface area contributed by atoms with Crippen LogP contribution in [0.3, 0.4) is 0 Å². The fourth-order valence-electron chi connectivity index (χ4n) is 2.18. The van der Waals surface area contributed by atoms with Crippen LogP contribution in [0.5, 0.6) is 0 Å². The largest absolute Gasteiger partial charge is 0.383 e. The van der Waals surface area contributed by atoms with Crippen molar-refractivity contribution in [3.05, 3.63) is 0 Å². The Morgan fingerprint density at radius 2 is 1.94 bits per heavy atom. The molecule has 96 valence electrons. The lowest BCUT2D eigenvalue weighted by atomic mass is 9.82. The Hall–Kier alpha value is -0.120. The molecular weight excluding hydrogens is 200 g/mol. The number of nitrogens with zero attached hydrogens (tertiary/aromatic N) is 1. The first-order valence-electron chi connectivity index (χ1n) is 6.49. The normalized spacial score (nSPS) is 23.2. The quantitative estimate of drug-likeness (QED) is 0.701. The number of ether oxygens (including phenoxy) is 1. The zero-order valence-corrected chi connectivity index (χ0v) is 11.4. The number of methoxy groups -OCH3 is 1. The third-order valence-electron chi connectivity index (χ3n) is 3.70. The molecule has 0 aromatic heterocycles. The lowest BCUT2D eigenvalue weighted by molar-refractivity contribution is 0.0985. The molecule has 16 heavy (non-hydrogen) atoms. The molecule has 1 aliphatic rings. The molecule has 0 radical (unpaired) electrons. The number of likely N-dealkylation sites (tertiary alicyclic amines) is 1. The summed E-state index contributed by atoms with van der Waals surface area (Å²) in [4.78, 5) is 2.60. The number of nitrogens with one attached hydrogen (secondary N) is 1. The molecule has 0 bridgehead atoms. The van der Waals surface area contributed by atoms with Gasteiger partial charge in [-0.15, -0.1) is 0 Å². The molecule has 1 rings (SSSR count). The Balaban J connectivity index is 2.15. The van der Waals surface area contributed by atoms with Crippen molar-refractivity contribution in [2.75, 3.05) is 39.9 Å². The van der Waals surface area contributed by atoms with Gasteiger partial charge in [0.1, 0.15) is 0 Å². The molecule has 3 nitrogen and oxygen atoms in total. The average Bonchev–Trinajstić information content (AvgIpc) is 2.24. The summed E-state index contributed by atoms with van der Waals surface area (Å²) in [6.45, 7) is 12.4. The van der Waals surface area contributed by atoms with Crippen molar-refractivity contribution < 1.29 is 4.74 Å². The second-order valence-corrected chi connectivity index (χ2v) is 5.75. The van der Waals surface area contributed by atoms with Crippen molar-refractivity contribution in [3.63, 3.8) is 0 Å². The van der Waals surface area contributed by atoms with Crippen molar-refractivity contribution in [3.8, 4) is 0 Å². The van der Waals surface area contributed by atoms with Crippen molar-refractivity contribution in [2.45, 2.75) is 39.7 Å². The van der Waals surface area contributed by atoms with Crippen LogP contribution >= 0.6 is 0 Å². The SMILES string of the molecule is COCCNCC(C)N1CCC(C)(C)CC1. The summed E-state index contributed by atoms with van der Waals surface area (Å²) in [5.74, 6) is 0. The first kappa shape index (κ1) is 13.9. The highest BCUT2D eigenvalue weighted by Crippen LogP contribution is 2.30. The average molecular weight is 228 g/mol. The second-order valence-electron chi connectivity index (χ2n) is 5.75. The second kappa shape index (κ2) is 6.58. The molecule has 1 fully saturated rings. The van der Waals surface area contributed by atoms with E-state index in [-0.39, 0.29) is 0 Å². The van der Waals surface area contributed by atoms with Crippen molar-refractivity contribution >= 4 is 0 Å². The predicted molar refractivity (Wildman–Crippen MR) is 68.8 cm³/mol. The number of piperidine rings is 1. The highest BCUT2D eigenvalue weighted by atomic mass is 16.5. The highest BCUT2D eigenvalue weighted by Gasteiger charge is 2.27. The van der Waals surface area contributed by atoms with Crippen LogP contribution in [0.4, 0.5) is 0 Å². The van der Waals surface area contributed by atoms with Gasteiger partial charge in [0.05, 0.1) is 6.61 Å². The van der Waals surface area contributed by atoms with Crippen LogP contribution in [-0.4, -0.2) is 50.8 Å². The molecule has 1 aliphatic heterocycles. The monoisotopic (exact) mass is 228 g/mol. The molecule has 1 heterocycles. The minimum atomic E-state index is 0.555. The standard InChI is InChI=1S/C13H28N2O/c1-12(11-14-7-10-16-4)15-8-5-13(2,3)6-9-15/h12,14H,5-11H2,1-4H3. The summed E-state index contributed by atoms with van der Waals surface area (Å²) in [6, 6.07) is 0.646. The van der Waals surface area contributed by atoms with E-state index in [9.17, 15) is 0 Å². The molecule has 0 aromatic rings. The van der Waals surface area contributed by atoms with Gasteiger partial charge in [-0.2, -0.15) is 0 Å². The van der Waals surface area contributed by atoms with Gasteiger partial charge in [-0.25, -0.2) is 0 Å². The van der Waals surface area contributed by atoms with E-state index in [2.05, 4.69) is 31.0 Å². The third kappa shape index (κ3) is 4.81. The van der Waals surface area contributed by atoms with Crippen LogP contribution in [0.15, 0.2) is 0 Å². The van der Waals surface area contributed by atoms with Gasteiger partial charge < -0.3 is 10.1 Å². The van der Waals surface area contributed by atoms with Crippen LogP contribution in [-0.2, 0) is 4.74 Å². The Morgan fingerprint density at radius 1 is 1.31 bits per heavy atom. The first-order chi connectivity index (χ1) is 7.55. The van der Waals surface area contributed by atoms with Gasteiger partial charge in [-0.05, 0) is 38.3 Å². The summed E-state index contributed by atoms with van der Waals surface area (Å²) in [5.41, 5.74) is 0.555. The zero-order chi connectivity index (χ0) is 12.0. The lowest BCUT2D eigenvalue weighted by Gasteiger charge is -2.40. The van der Waals surface area contributed by atoms with E-state index in [0.29, 0.717) is 11.5 Å². The van der Waals surface area contributed by atoms with Crippen LogP contribution in [0.25, 0.3) is 0 Å². The summed E-state index contributed by atoms with van der Waals surface area (Å²) in [5, 5.41) is 3.44. The van der Waals surface area contributed by atoms with E-state index < -0.39 is 0 Å². The van der Waals surface area contributed by atoms with Crippen LogP contribution in [0.2, 0.25) is 0 Å². The highest BCUT2D eigenvalue weighted by molar-refractivity contribution is 4.81. The van der Waals surface area contributed by atoms with E-state index in [0.717, 1.165) is 19.7 Å². The van der Waals surface area contributed by atoms with Gasteiger partial charge >= 0.3 is 0 Å². The van der Waals surface area contributed by atoms with Gasteiger partial charge in [-0.1, -0.05) is 13.8 Å². The summed E-state index contributed by atoms with van der Waals surface area (Å²) >= 11 is 0. The third-order valence-corrected chi connectivity index (χ3v) is 3.70. The minimum Gasteiger partial charge on any atom is -0.383 e. The zero-order valence-electron chi connectivity index (χ0n) is 11.4. The molecule has 1 N–H and O–H groups in total. The van der Waals surface area contributed by atoms with Crippen molar-refractivity contribution in [2.24, 2.45) is 5.41 Å². The Kier molecular flexibility index (Phi) is 5.73. The molecule has 0 spiro atoms. The fraction of sp³-hybridized carbons (Fsp3) is 1.00. The lowest BCUT2D eigenvalue weighted by Crippen LogP contribution is -2.46. The topological polar surface area (TPSA) is 24.5 Å². The van der Waals surface area contributed by atoms with Crippen LogP contribution in [0, 0.1) is 5.41 Å². The van der Waals surface area contributed by atoms with Gasteiger partial charge in [0, 0.05) is 26.2 Å². The molecule has 0 saturated carbocycles. The van der Waals surface area contributed by atoms with Crippen molar-refractivity contribution in [1.82, 2.24) is 10.2 Å². The van der Waals surface area contributed by atoms with E-state index in [1.54, 1.807) is 7.11 Å². The molecule has 0 aromatic carbocycles. The van der Waals surface area contributed by atoms with Crippen molar-refractivity contribution in [1.29, 1.82) is 0 Å². The predicted octanol–water partition coefficient (Wildman–Crippen LogP) is 1.73. The van der Waals surface area contributed by atoms with E-state index in [1.807, 2.05) is 0 Å². The number of hydrogen-bond donors (Lipinski definition) is 1. The molecule has 1 atom stereocenters. The van der Waals surface area contributed by atoms with Gasteiger partial charge in [-0.3, -0.25) is 4.90 Å². The summed E-state index contributed by atoms with van der Waals surface area (Å²) in [7, 11) is 1.75. The maximum Gasteiger partial charge on any atom is 0.0587 e. The molecule has 0 amide bonds. The maximum atomic E-state index is 5.02. The Labute approximate surface area is 101 Å². The van der Waals surface area contributed by atoms with E-state index >= 15 is 0 Å². The Morgan fingerprint density at radius 3 is 2.50 bits per heavy atom. The molecular formula is C13H28N2O. The van der Waals surface area contributed by atoms with Gasteiger partial charge in [0.2, 0.25) is 0 Å². The first-order valence-corrected chi connectivity index (χ1v) is 6.49. The molecule has 1 unspecified atom stereocenters. The fourth-order valence-corrected chi connectivity index (χ4v) is 2.18. The molecule has 3 heteroatoms. The van der Waals surface area contributed by atoms with Gasteiger partial charge in [0.25, 0.3) is 0 Å². The molecule has 0 aliphatic carbocycles. The summed E-state index contributed by atoms with van der Waals surface area (Å²) in [6.07, 6.45) is 2.66. The smallest absolute Gasteiger partial charge is 0.0587 e. The molecule has 1 saturated heterocycles. The van der Waals surface area contributed by atoms with Crippen LogP contribution < -0.4 is 5.32 Å². The van der Waals surface area contributed by atoms with E-state index in [4.69, 9.17) is 4.74 Å². The minimum absolute atomic E-state index is 0.555. The number of hydrogen-bond acceptors (Lipinski definition) is 3. The summed E-state index contributed by atoms with van der Waals surface area (Å²) < 4.78 is 5.02. The van der Waals surface area contributed by atoms with Gasteiger partial charge in [0.15, 0.2) is 0 Å². The van der Waals surface area contributed by atoms with Crippen LogP contribution in [0.1, 0.15) is 33.6 Å². The van der Waals surface area contributed by atoms with E-state index in [1.165, 1.54) is 25.9 Å². The number of rotatable bonds is 6. The maximum absolute atomic E-state index is 5.02. The Bertz CT molecular complexity index is 184.